The first-order valence-electron chi connectivity index (χ1n) is 19.0. The number of carboxylic acid groups (broad SMARTS) is 1. The summed E-state index contributed by atoms with van der Waals surface area (Å²) in [5.41, 5.74) is 13.0. The van der Waals surface area contributed by atoms with E-state index < -0.39 is 12.0 Å². The number of carboxylic acids is 1. The van der Waals surface area contributed by atoms with Crippen LogP contribution in [-0.4, -0.2) is 73.6 Å². The van der Waals surface area contributed by atoms with E-state index >= 15 is 0 Å². The van der Waals surface area contributed by atoms with Crippen molar-refractivity contribution in [1.82, 2.24) is 30.1 Å². The molecule has 14 heteroatoms. The van der Waals surface area contributed by atoms with Crippen LogP contribution >= 0.6 is 31.9 Å². The fourth-order valence-corrected chi connectivity index (χ4v) is 8.89. The number of benzene rings is 5. The van der Waals surface area contributed by atoms with Crippen LogP contribution in [0.2, 0.25) is 0 Å². The number of aromatic carboxylic acids is 1. The van der Waals surface area contributed by atoms with Crippen molar-refractivity contribution in [3.8, 4) is 0 Å². The minimum absolute atomic E-state index is 0.0347. The van der Waals surface area contributed by atoms with Crippen LogP contribution < -0.4 is 16.4 Å². The third kappa shape index (κ3) is 8.48. The number of carbonyl (C=O) groups is 3. The van der Waals surface area contributed by atoms with Crippen molar-refractivity contribution in [3.63, 3.8) is 0 Å². The first-order valence-corrected chi connectivity index (χ1v) is 20.6. The molecule has 1 atom stereocenters. The second-order valence-electron chi connectivity index (χ2n) is 14.5. The number of aromatic nitrogens is 3. The van der Waals surface area contributed by atoms with Crippen molar-refractivity contribution >= 4 is 94.1 Å². The molecule has 4 amide bonds. The predicted molar refractivity (Wildman–Crippen MR) is 234 cm³/mol. The van der Waals surface area contributed by atoms with Crippen LogP contribution in [0.15, 0.2) is 118 Å². The van der Waals surface area contributed by atoms with Crippen LogP contribution in [-0.2, 0) is 12.8 Å². The molecule has 2 aliphatic rings. The number of H-pyrrole nitrogens is 1. The molecule has 0 spiro atoms. The molecule has 5 aromatic carbocycles. The number of nitrogens with one attached hydrogen (secondary N) is 3. The van der Waals surface area contributed by atoms with Gasteiger partial charge < -0.3 is 36.3 Å². The molecule has 58 heavy (non-hydrogen) atoms. The van der Waals surface area contributed by atoms with Gasteiger partial charge in [-0.15, -0.1) is 0 Å². The molecular weight excluding hydrogens is 864 g/mol. The van der Waals surface area contributed by atoms with E-state index in [-0.39, 0.29) is 23.7 Å². The van der Waals surface area contributed by atoms with E-state index in [1.165, 1.54) is 22.9 Å². The predicted octanol–water partition coefficient (Wildman–Crippen LogP) is 9.30. The summed E-state index contributed by atoms with van der Waals surface area (Å²) < 4.78 is 1.45. The van der Waals surface area contributed by atoms with Crippen LogP contribution in [0.5, 0.6) is 0 Å². The number of rotatable bonds is 6. The van der Waals surface area contributed by atoms with E-state index in [9.17, 15) is 19.5 Å². The van der Waals surface area contributed by atoms with Gasteiger partial charge in [-0.3, -0.25) is 0 Å². The van der Waals surface area contributed by atoms with E-state index in [2.05, 4.69) is 70.7 Å². The van der Waals surface area contributed by atoms with Gasteiger partial charge in [-0.25, -0.2) is 24.4 Å². The largest absolute Gasteiger partial charge is 0.478 e. The highest BCUT2D eigenvalue weighted by atomic mass is 79.9. The number of hydrogen-bond donors (Lipinski definition) is 5. The van der Waals surface area contributed by atoms with E-state index in [0.717, 1.165) is 43.2 Å². The molecule has 0 saturated carbocycles. The average molecular weight is 905 g/mol. The van der Waals surface area contributed by atoms with Crippen LogP contribution in [0.4, 0.5) is 21.0 Å². The number of halogens is 2. The van der Waals surface area contributed by atoms with Gasteiger partial charge in [0.15, 0.2) is 0 Å². The molecule has 2 aliphatic heterocycles. The van der Waals surface area contributed by atoms with Gasteiger partial charge in [0.2, 0.25) is 0 Å². The van der Waals surface area contributed by atoms with Gasteiger partial charge >= 0.3 is 18.0 Å². The van der Waals surface area contributed by atoms with Gasteiger partial charge in [-0.2, -0.15) is 0 Å². The lowest BCUT2D eigenvalue weighted by Crippen LogP contribution is -2.52. The van der Waals surface area contributed by atoms with Gasteiger partial charge in [-0.05, 0) is 117 Å². The number of urea groups is 2. The molecule has 6 N–H and O–H groups in total. The second-order valence-corrected chi connectivity index (χ2v) is 16.2. The molecular formula is C44H40Br2N8O4. The Balaban J connectivity index is 0.000000279. The maximum absolute atomic E-state index is 13.6. The molecule has 1 saturated heterocycles. The summed E-state index contributed by atoms with van der Waals surface area (Å²) in [5.74, 6) is -0.522. The van der Waals surface area contributed by atoms with Crippen molar-refractivity contribution < 1.29 is 19.5 Å². The van der Waals surface area contributed by atoms with Crippen molar-refractivity contribution in [3.05, 3.63) is 141 Å². The number of amides is 4. The summed E-state index contributed by atoms with van der Waals surface area (Å²) >= 11 is 7.00. The number of nitrogens with two attached hydrogens (primary N) is 1. The molecule has 0 radical (unpaired) electrons. The number of likely N-dealkylation sites (tertiary alicyclic amines) is 1. The Morgan fingerprint density at radius 2 is 1.48 bits per heavy atom. The number of fused-ring (bicyclic) bond motifs is 4. The van der Waals surface area contributed by atoms with E-state index in [1.807, 2.05) is 77.7 Å². The number of nitrogens with zero attached hydrogens (tertiary/aromatic N) is 4. The number of piperidine rings is 1. The lowest BCUT2D eigenvalue weighted by Gasteiger charge is -2.38. The van der Waals surface area contributed by atoms with Crippen molar-refractivity contribution in [2.75, 3.05) is 30.7 Å². The monoisotopic (exact) mass is 902 g/mol. The minimum atomic E-state index is -1.03. The molecule has 0 aliphatic carbocycles. The number of para-hydroxylation sites is 3. The Morgan fingerprint density at radius 3 is 2.17 bits per heavy atom. The summed E-state index contributed by atoms with van der Waals surface area (Å²) in [4.78, 5) is 54.3. The highest BCUT2D eigenvalue weighted by Gasteiger charge is 2.32. The Hall–Kier alpha value is -5.99. The van der Waals surface area contributed by atoms with Crippen LogP contribution in [0.25, 0.3) is 32.8 Å². The molecule has 12 nitrogen and oxygen atoms in total. The zero-order chi connectivity index (χ0) is 40.3. The van der Waals surface area contributed by atoms with E-state index in [0.29, 0.717) is 61.4 Å². The SMILES string of the molecule is Nc1c(Br)cc(C[C@@H](NC(=O)N2CCC(N3CCc4ccccc4NC3=O)CC2)c2nc3ccc(C(=O)O)cc3[nH]2)cc1Br.c1ccc2nc3ccccc3cc2c1. The molecule has 294 valence electrons. The Morgan fingerprint density at radius 1 is 0.828 bits per heavy atom. The number of imidazole rings is 1. The zero-order valence-electron chi connectivity index (χ0n) is 31.3. The lowest BCUT2D eigenvalue weighted by molar-refractivity contribution is 0.0697. The van der Waals surface area contributed by atoms with Gasteiger partial charge in [0, 0.05) is 57.5 Å². The number of nitrogen functional groups attached to an aromatic ring is 1. The van der Waals surface area contributed by atoms with E-state index in [1.54, 1.807) is 11.0 Å². The quantitative estimate of drug-likeness (QED) is 0.0819. The lowest BCUT2D eigenvalue weighted by atomic mass is 10.0. The number of carbonyl (C=O) groups excluding carboxylic acids is 2. The van der Waals surface area contributed by atoms with Crippen LogP contribution in [0.3, 0.4) is 0 Å². The maximum atomic E-state index is 13.6. The Kier molecular flexibility index (Phi) is 11.3. The summed E-state index contributed by atoms with van der Waals surface area (Å²) in [5, 5.41) is 18.0. The normalized spacial score (nSPS) is 15.0. The first kappa shape index (κ1) is 38.9. The Bertz CT molecular complexity index is 2550. The highest BCUT2D eigenvalue weighted by Crippen LogP contribution is 2.32. The fraction of sp³-hybridized carbons (Fsp3) is 0.205. The molecule has 2 aromatic heterocycles. The molecule has 7 aromatic rings. The molecule has 0 bridgehead atoms. The third-order valence-electron chi connectivity index (χ3n) is 10.7. The maximum Gasteiger partial charge on any atom is 0.335 e. The molecule has 4 heterocycles. The third-order valence-corrected chi connectivity index (χ3v) is 12.0. The first-order chi connectivity index (χ1) is 28.1. The zero-order valence-corrected chi connectivity index (χ0v) is 34.5. The number of anilines is 2. The molecule has 9 rings (SSSR count). The standard InChI is InChI=1S/C31H31Br2N7O4.C13H9N/c32-21-13-17(14-22(33)27(21)34)15-26(28-35-24-6-5-19(29(41)42)16-25(24)36-28)38-30(43)39-10-8-20(9-11-39)40-12-7-18-3-1-2-4-23(18)37-31(40)44;1-3-7-12-10(5-1)9-11-6-2-4-8-13(11)14-12/h1-6,13-14,16,20,26H,7-12,15,34H2,(H,35,36)(H,37,44)(H,38,43)(H,41,42);1-9H/t26-;/m1./s1. The van der Waals surface area contributed by atoms with Crippen LogP contribution in [0, 0.1) is 0 Å². The van der Waals surface area contributed by atoms with Gasteiger partial charge in [0.25, 0.3) is 0 Å². The van der Waals surface area contributed by atoms with Gasteiger partial charge in [-0.1, -0.05) is 54.6 Å². The summed E-state index contributed by atoms with van der Waals surface area (Å²) in [6.07, 6.45) is 2.52. The average Bonchev–Trinajstić information content (AvgIpc) is 3.58. The summed E-state index contributed by atoms with van der Waals surface area (Å²) in [6, 6.07) is 34.1. The molecule has 1 fully saturated rings. The minimum Gasteiger partial charge on any atom is -0.478 e. The second kappa shape index (κ2) is 16.9. The highest BCUT2D eigenvalue weighted by molar-refractivity contribution is 9.11. The van der Waals surface area contributed by atoms with Crippen LogP contribution in [0.1, 0.15) is 46.2 Å². The smallest absolute Gasteiger partial charge is 0.335 e. The van der Waals surface area contributed by atoms with Gasteiger partial charge in [0.1, 0.15) is 5.82 Å². The van der Waals surface area contributed by atoms with Crippen molar-refractivity contribution in [1.29, 1.82) is 0 Å². The topological polar surface area (TPSA) is 170 Å². The number of hydrogen-bond acceptors (Lipinski definition) is 6. The van der Waals surface area contributed by atoms with Crippen molar-refractivity contribution in [2.24, 2.45) is 0 Å². The fourth-order valence-electron chi connectivity index (χ4n) is 7.61. The van der Waals surface area contributed by atoms with E-state index in [4.69, 9.17) is 10.7 Å². The number of pyridine rings is 1. The molecule has 0 unspecified atom stereocenters. The van der Waals surface area contributed by atoms with Gasteiger partial charge in [0.05, 0.1) is 39.4 Å². The number of aromatic amines is 1. The Labute approximate surface area is 351 Å². The summed E-state index contributed by atoms with van der Waals surface area (Å²) in [6.45, 7) is 1.63. The van der Waals surface area contributed by atoms with Crippen molar-refractivity contribution in [2.45, 2.75) is 37.8 Å². The summed E-state index contributed by atoms with van der Waals surface area (Å²) in [7, 11) is 0.